The van der Waals surface area contributed by atoms with E-state index in [1.807, 2.05) is 56.0 Å². The maximum Gasteiger partial charge on any atom is 0.407 e. The molecule has 0 saturated carbocycles. The lowest BCUT2D eigenvalue weighted by atomic mass is 10.1. The summed E-state index contributed by atoms with van der Waals surface area (Å²) in [4.78, 5) is 41.3. The lowest BCUT2D eigenvalue weighted by molar-refractivity contribution is 0.00707. The Labute approximate surface area is 230 Å². The highest BCUT2D eigenvalue weighted by atomic mass is 16.6. The van der Waals surface area contributed by atoms with Crippen LogP contribution in [0, 0.1) is 0 Å². The van der Waals surface area contributed by atoms with Crippen molar-refractivity contribution in [2.24, 2.45) is 0 Å². The summed E-state index contributed by atoms with van der Waals surface area (Å²) in [6.45, 7) is 13.9. The van der Waals surface area contributed by atoms with Crippen molar-refractivity contribution >= 4 is 29.5 Å². The Balaban J connectivity index is 2.12. The molecule has 0 bridgehead atoms. The second-order valence-corrected chi connectivity index (χ2v) is 11.7. The van der Waals surface area contributed by atoms with Crippen LogP contribution in [0.1, 0.15) is 87.7 Å². The number of carbonyl (C=O) groups excluding carboxylic acids is 3. The molecule has 1 fully saturated rings. The van der Waals surface area contributed by atoms with Gasteiger partial charge in [-0.2, -0.15) is 0 Å². The lowest BCUT2D eigenvalue weighted by Crippen LogP contribution is -2.49. The molecule has 1 aliphatic rings. The molecule has 1 saturated heterocycles. The van der Waals surface area contributed by atoms with Crippen LogP contribution in [0.3, 0.4) is 0 Å². The number of carbonyl (C=O) groups is 3. The highest BCUT2D eigenvalue weighted by Gasteiger charge is 2.37. The Morgan fingerprint density at radius 3 is 2.23 bits per heavy atom. The van der Waals surface area contributed by atoms with Crippen molar-refractivity contribution in [2.45, 2.75) is 85.1 Å². The summed E-state index contributed by atoms with van der Waals surface area (Å²) in [6.07, 6.45) is 0.962. The number of benzene rings is 1. The number of anilines is 2. The van der Waals surface area contributed by atoms with Crippen LogP contribution < -0.4 is 16.0 Å². The number of hydrogen-bond donors (Lipinski definition) is 2. The molecule has 1 aromatic carbocycles. The zero-order valence-electron chi connectivity index (χ0n) is 24.1. The first-order chi connectivity index (χ1) is 18.2. The van der Waals surface area contributed by atoms with Crippen LogP contribution in [0.15, 0.2) is 30.3 Å². The number of hydrogen-bond acceptors (Lipinski definition) is 8. The Kier molecular flexibility index (Phi) is 9.19. The molecule has 3 rings (SSSR count). The average molecular weight is 543 g/mol. The van der Waals surface area contributed by atoms with Gasteiger partial charge in [-0.05, 0) is 66.9 Å². The first-order valence-corrected chi connectivity index (χ1v) is 13.4. The molecular formula is C29H42N4O6. The number of nitrogens with one attached hydrogen (secondary N) is 1. The Morgan fingerprint density at radius 1 is 1.00 bits per heavy atom. The monoisotopic (exact) mass is 542 g/mol. The highest BCUT2D eigenvalue weighted by molar-refractivity contribution is 6.08. The molecule has 0 aliphatic carbocycles. The lowest BCUT2D eigenvalue weighted by Gasteiger charge is -2.36. The Bertz CT molecular complexity index is 1180. The van der Waals surface area contributed by atoms with E-state index in [4.69, 9.17) is 19.9 Å². The molecular weight excluding hydrogens is 500 g/mol. The zero-order valence-corrected chi connectivity index (χ0v) is 24.1. The van der Waals surface area contributed by atoms with E-state index in [2.05, 4.69) is 5.32 Å². The third-order valence-electron chi connectivity index (χ3n) is 5.97. The van der Waals surface area contributed by atoms with Crippen LogP contribution in [0.4, 0.5) is 16.3 Å². The number of esters is 2. The van der Waals surface area contributed by atoms with Crippen LogP contribution in [-0.4, -0.2) is 59.5 Å². The predicted octanol–water partition coefficient (Wildman–Crippen LogP) is 4.74. The SMILES string of the molecule is CCOC(=O)c1c(N)c(C(=O)OC(C)(C)C)c(N2CCC[C@@H](NC(=O)OC(C)(C)C)C2)n1Cc1ccccc1. The van der Waals surface area contributed by atoms with Crippen molar-refractivity contribution in [1.82, 2.24) is 9.88 Å². The molecule has 3 N–H and O–H groups in total. The Hall–Kier alpha value is -3.69. The van der Waals surface area contributed by atoms with Crippen molar-refractivity contribution in [3.8, 4) is 0 Å². The maximum atomic E-state index is 13.6. The van der Waals surface area contributed by atoms with Gasteiger partial charge in [-0.3, -0.25) is 0 Å². The molecule has 10 heteroatoms. The van der Waals surface area contributed by atoms with Crippen molar-refractivity contribution < 1.29 is 28.6 Å². The van der Waals surface area contributed by atoms with Crippen LogP contribution in [0.25, 0.3) is 0 Å². The molecule has 2 heterocycles. The number of ether oxygens (including phenoxy) is 3. The maximum absolute atomic E-state index is 13.6. The minimum absolute atomic E-state index is 0.0101. The topological polar surface area (TPSA) is 125 Å². The first kappa shape index (κ1) is 29.9. The van der Waals surface area contributed by atoms with E-state index in [1.165, 1.54) is 0 Å². The average Bonchev–Trinajstić information content (AvgIpc) is 3.09. The number of piperidine rings is 1. The largest absolute Gasteiger partial charge is 0.461 e. The summed E-state index contributed by atoms with van der Waals surface area (Å²) in [6, 6.07) is 9.35. The molecule has 0 unspecified atom stereocenters. The molecule has 0 radical (unpaired) electrons. The summed E-state index contributed by atoms with van der Waals surface area (Å²) in [5.74, 6) is -0.790. The minimum atomic E-state index is -0.783. The van der Waals surface area contributed by atoms with E-state index >= 15 is 0 Å². The number of rotatable bonds is 7. The quantitative estimate of drug-likeness (QED) is 0.380. The standard InChI is InChI=1S/C29H42N4O6/c1-8-37-26(35)23-22(30)21(25(34)38-28(2,3)4)24(33(23)17-19-13-10-9-11-14-19)32-16-12-15-20(18-32)31-27(36)39-29(5,6)7/h9-11,13-14,20H,8,12,15-18,30H2,1-7H3,(H,31,36)/t20-/m1/s1. The number of alkyl carbamates (subject to hydrolysis) is 1. The van der Waals surface area contributed by atoms with Crippen LogP contribution >= 0.6 is 0 Å². The second-order valence-electron chi connectivity index (χ2n) is 11.7. The molecule has 214 valence electrons. The fraction of sp³-hybridized carbons (Fsp3) is 0.552. The molecule has 1 aromatic heterocycles. The molecule has 1 atom stereocenters. The first-order valence-electron chi connectivity index (χ1n) is 13.4. The summed E-state index contributed by atoms with van der Waals surface area (Å²) >= 11 is 0. The van der Waals surface area contributed by atoms with Gasteiger partial charge in [0.15, 0.2) is 5.69 Å². The molecule has 0 spiro atoms. The van der Waals surface area contributed by atoms with Gasteiger partial charge in [0.25, 0.3) is 0 Å². The summed E-state index contributed by atoms with van der Waals surface area (Å²) < 4.78 is 18.3. The van der Waals surface area contributed by atoms with Crippen LogP contribution in [-0.2, 0) is 20.8 Å². The van der Waals surface area contributed by atoms with Crippen molar-refractivity contribution in [3.05, 3.63) is 47.2 Å². The van der Waals surface area contributed by atoms with Gasteiger partial charge >= 0.3 is 18.0 Å². The minimum Gasteiger partial charge on any atom is -0.461 e. The van der Waals surface area contributed by atoms with Gasteiger partial charge in [-0.25, -0.2) is 14.4 Å². The van der Waals surface area contributed by atoms with Crippen molar-refractivity contribution in [3.63, 3.8) is 0 Å². The summed E-state index contributed by atoms with van der Waals surface area (Å²) in [7, 11) is 0. The second kappa shape index (κ2) is 12.0. The van der Waals surface area contributed by atoms with Gasteiger partial charge in [0.2, 0.25) is 0 Å². The van der Waals surface area contributed by atoms with E-state index in [9.17, 15) is 14.4 Å². The molecule has 1 aliphatic heterocycles. The third kappa shape index (κ3) is 7.91. The fourth-order valence-corrected chi connectivity index (χ4v) is 4.59. The molecule has 10 nitrogen and oxygen atoms in total. The number of amides is 1. The van der Waals surface area contributed by atoms with Gasteiger partial charge in [0.05, 0.1) is 12.3 Å². The van der Waals surface area contributed by atoms with E-state index < -0.39 is 29.2 Å². The molecule has 2 aromatic rings. The number of nitrogens with zero attached hydrogens (tertiary/aromatic N) is 2. The number of aromatic nitrogens is 1. The van der Waals surface area contributed by atoms with Crippen molar-refractivity contribution in [2.75, 3.05) is 30.3 Å². The van der Waals surface area contributed by atoms with Gasteiger partial charge < -0.3 is 34.7 Å². The number of nitrogens with two attached hydrogens (primary N) is 1. The summed E-state index contributed by atoms with van der Waals surface area (Å²) in [5, 5.41) is 2.94. The normalized spacial score (nSPS) is 16.0. The van der Waals surface area contributed by atoms with Crippen LogP contribution in [0.2, 0.25) is 0 Å². The molecule has 1 amide bonds. The van der Waals surface area contributed by atoms with Crippen molar-refractivity contribution in [1.29, 1.82) is 0 Å². The van der Waals surface area contributed by atoms with E-state index in [0.717, 1.165) is 18.4 Å². The predicted molar refractivity (Wildman–Crippen MR) is 150 cm³/mol. The van der Waals surface area contributed by atoms with Crippen LogP contribution in [0.5, 0.6) is 0 Å². The highest BCUT2D eigenvalue weighted by Crippen LogP contribution is 2.37. The van der Waals surface area contributed by atoms with Gasteiger partial charge in [0, 0.05) is 25.7 Å². The Morgan fingerprint density at radius 2 is 1.64 bits per heavy atom. The van der Waals surface area contributed by atoms with E-state index in [1.54, 1.807) is 32.3 Å². The van der Waals surface area contributed by atoms with E-state index in [0.29, 0.717) is 18.9 Å². The molecule has 39 heavy (non-hydrogen) atoms. The smallest absolute Gasteiger partial charge is 0.407 e. The van der Waals surface area contributed by atoms with Gasteiger partial charge in [-0.1, -0.05) is 30.3 Å². The third-order valence-corrected chi connectivity index (χ3v) is 5.97. The fourth-order valence-electron chi connectivity index (χ4n) is 4.59. The number of nitrogen functional groups attached to an aromatic ring is 1. The summed E-state index contributed by atoms with van der Waals surface area (Å²) in [5.41, 5.74) is 6.28. The zero-order chi connectivity index (χ0) is 29.0. The van der Waals surface area contributed by atoms with Gasteiger partial charge in [0.1, 0.15) is 22.6 Å². The van der Waals surface area contributed by atoms with Gasteiger partial charge in [-0.15, -0.1) is 0 Å². The van der Waals surface area contributed by atoms with E-state index in [-0.39, 0.29) is 36.1 Å².